The summed E-state index contributed by atoms with van der Waals surface area (Å²) in [4.78, 5) is 48.9. The third kappa shape index (κ3) is 4.88. The zero-order chi connectivity index (χ0) is 22.7. The minimum Gasteiger partial charge on any atom is -0.455 e. The van der Waals surface area contributed by atoms with E-state index in [1.807, 2.05) is 26.0 Å². The maximum absolute atomic E-state index is 12.4. The van der Waals surface area contributed by atoms with Crippen LogP contribution in [-0.4, -0.2) is 35.9 Å². The van der Waals surface area contributed by atoms with E-state index in [2.05, 4.69) is 5.32 Å². The molecular formula is C22H23N3O6. The van der Waals surface area contributed by atoms with Gasteiger partial charge in [0.1, 0.15) is 0 Å². The maximum atomic E-state index is 12.4. The van der Waals surface area contributed by atoms with Crippen molar-refractivity contribution in [1.82, 2.24) is 0 Å². The van der Waals surface area contributed by atoms with Gasteiger partial charge in [-0.15, -0.1) is 0 Å². The molecule has 0 saturated carbocycles. The number of hydrogen-bond acceptors (Lipinski definition) is 6. The van der Waals surface area contributed by atoms with Crippen LogP contribution in [0.3, 0.4) is 0 Å². The summed E-state index contributed by atoms with van der Waals surface area (Å²) in [6.45, 7) is 4.99. The lowest BCUT2D eigenvalue weighted by atomic mass is 10.1. The topological polar surface area (TPSA) is 119 Å². The largest absolute Gasteiger partial charge is 0.455 e. The normalized spacial score (nSPS) is 15.6. The van der Waals surface area contributed by atoms with E-state index >= 15 is 0 Å². The highest BCUT2D eigenvalue weighted by Crippen LogP contribution is 2.30. The van der Waals surface area contributed by atoms with Crippen molar-refractivity contribution >= 4 is 34.8 Å². The van der Waals surface area contributed by atoms with Gasteiger partial charge in [0.05, 0.1) is 16.5 Å². The van der Waals surface area contributed by atoms with Crippen LogP contribution in [0, 0.1) is 36.8 Å². The molecule has 1 saturated heterocycles. The summed E-state index contributed by atoms with van der Waals surface area (Å²) < 4.78 is 5.11. The Morgan fingerprint density at radius 2 is 1.94 bits per heavy atom. The molecule has 1 fully saturated rings. The smallest absolute Gasteiger partial charge is 0.311 e. The molecule has 9 heteroatoms. The maximum Gasteiger partial charge on any atom is 0.311 e. The van der Waals surface area contributed by atoms with Gasteiger partial charge in [0.2, 0.25) is 5.91 Å². The average molecular weight is 425 g/mol. The first-order valence-electron chi connectivity index (χ1n) is 9.75. The van der Waals surface area contributed by atoms with Crippen molar-refractivity contribution in [3.8, 4) is 0 Å². The zero-order valence-electron chi connectivity index (χ0n) is 17.5. The van der Waals surface area contributed by atoms with Crippen LogP contribution in [0.25, 0.3) is 0 Å². The standard InChI is InChI=1S/C22H23N3O6/c1-13-5-4-6-18(15(13)3)23-20(26)12-31-22(28)16-9-21(27)24(11-16)17-8-7-14(2)19(10-17)25(29)30/h4-8,10,16H,9,11-12H2,1-3H3,(H,23,26)/t16-/m1/s1. The van der Waals surface area contributed by atoms with Crippen LogP contribution in [0.2, 0.25) is 0 Å². The Hall–Kier alpha value is -3.75. The number of carbonyl (C=O) groups is 3. The monoisotopic (exact) mass is 425 g/mol. The van der Waals surface area contributed by atoms with E-state index in [4.69, 9.17) is 4.74 Å². The SMILES string of the molecule is Cc1ccc(N2C[C@H](C(=O)OCC(=O)Nc3cccc(C)c3C)CC2=O)cc1[N+](=O)[O-]. The van der Waals surface area contributed by atoms with Crippen molar-refractivity contribution in [2.24, 2.45) is 5.92 Å². The number of ether oxygens (including phenoxy) is 1. The molecule has 0 aliphatic carbocycles. The number of nitro groups is 1. The lowest BCUT2D eigenvalue weighted by Gasteiger charge is -2.17. The number of nitro benzene ring substituents is 1. The molecule has 1 atom stereocenters. The molecule has 2 aromatic rings. The lowest BCUT2D eigenvalue weighted by Crippen LogP contribution is -2.28. The minimum absolute atomic E-state index is 0.0382. The zero-order valence-corrected chi connectivity index (χ0v) is 17.5. The molecule has 2 amide bonds. The van der Waals surface area contributed by atoms with Crippen LogP contribution in [0.1, 0.15) is 23.1 Å². The number of rotatable bonds is 6. The van der Waals surface area contributed by atoms with Crippen LogP contribution in [0.5, 0.6) is 0 Å². The van der Waals surface area contributed by atoms with Crippen LogP contribution in [0.15, 0.2) is 36.4 Å². The van der Waals surface area contributed by atoms with Crippen molar-refractivity contribution in [1.29, 1.82) is 0 Å². The number of nitrogens with one attached hydrogen (secondary N) is 1. The first kappa shape index (κ1) is 21.9. The molecule has 31 heavy (non-hydrogen) atoms. The number of aryl methyl sites for hydroxylation is 2. The Bertz CT molecular complexity index is 1070. The van der Waals surface area contributed by atoms with Gasteiger partial charge in [0.15, 0.2) is 6.61 Å². The van der Waals surface area contributed by atoms with E-state index in [1.165, 1.54) is 11.0 Å². The number of nitrogens with zero attached hydrogens (tertiary/aromatic N) is 2. The fourth-order valence-corrected chi connectivity index (χ4v) is 3.40. The lowest BCUT2D eigenvalue weighted by molar-refractivity contribution is -0.385. The quantitative estimate of drug-likeness (QED) is 0.432. The minimum atomic E-state index is -0.749. The van der Waals surface area contributed by atoms with Gasteiger partial charge in [0, 0.05) is 30.3 Å². The van der Waals surface area contributed by atoms with E-state index in [9.17, 15) is 24.5 Å². The van der Waals surface area contributed by atoms with Crippen LogP contribution in [-0.2, 0) is 19.1 Å². The Morgan fingerprint density at radius 3 is 2.65 bits per heavy atom. The van der Waals surface area contributed by atoms with Gasteiger partial charge in [-0.3, -0.25) is 24.5 Å². The molecule has 9 nitrogen and oxygen atoms in total. The van der Waals surface area contributed by atoms with Gasteiger partial charge in [-0.2, -0.15) is 0 Å². The van der Waals surface area contributed by atoms with Crippen molar-refractivity contribution in [3.63, 3.8) is 0 Å². The average Bonchev–Trinajstić information content (AvgIpc) is 3.11. The number of amides is 2. The fourth-order valence-electron chi connectivity index (χ4n) is 3.40. The molecular weight excluding hydrogens is 402 g/mol. The van der Waals surface area contributed by atoms with Crippen LogP contribution < -0.4 is 10.2 Å². The number of esters is 1. The molecule has 162 valence electrons. The van der Waals surface area contributed by atoms with Gasteiger partial charge in [-0.25, -0.2) is 0 Å². The molecule has 2 aromatic carbocycles. The van der Waals surface area contributed by atoms with E-state index in [0.717, 1.165) is 11.1 Å². The molecule has 1 heterocycles. The molecule has 3 rings (SSSR count). The molecule has 0 bridgehead atoms. The van der Waals surface area contributed by atoms with Gasteiger partial charge in [-0.1, -0.05) is 18.2 Å². The van der Waals surface area contributed by atoms with E-state index in [-0.39, 0.29) is 24.6 Å². The summed E-state index contributed by atoms with van der Waals surface area (Å²) in [6.07, 6.45) is -0.0842. The van der Waals surface area contributed by atoms with Crippen molar-refractivity contribution in [2.75, 3.05) is 23.4 Å². The first-order valence-corrected chi connectivity index (χ1v) is 9.75. The third-order valence-electron chi connectivity index (χ3n) is 5.38. The highest BCUT2D eigenvalue weighted by molar-refractivity contribution is 6.00. The van der Waals surface area contributed by atoms with Crippen molar-refractivity contribution in [2.45, 2.75) is 27.2 Å². The predicted molar refractivity (Wildman–Crippen MR) is 114 cm³/mol. The number of anilines is 2. The van der Waals surface area contributed by atoms with Crippen LogP contribution in [0.4, 0.5) is 17.1 Å². The van der Waals surface area contributed by atoms with Gasteiger partial charge >= 0.3 is 5.97 Å². The summed E-state index contributed by atoms with van der Waals surface area (Å²) in [7, 11) is 0. The van der Waals surface area contributed by atoms with Crippen molar-refractivity contribution < 1.29 is 24.0 Å². The number of hydrogen-bond donors (Lipinski definition) is 1. The second kappa shape index (κ2) is 8.95. The summed E-state index contributed by atoms with van der Waals surface area (Å²) in [6, 6.07) is 9.99. The molecule has 0 radical (unpaired) electrons. The molecule has 1 N–H and O–H groups in total. The van der Waals surface area contributed by atoms with Gasteiger partial charge in [-0.05, 0) is 44.0 Å². The highest BCUT2D eigenvalue weighted by Gasteiger charge is 2.37. The molecule has 0 spiro atoms. The van der Waals surface area contributed by atoms with E-state index in [0.29, 0.717) is 16.9 Å². The van der Waals surface area contributed by atoms with Crippen molar-refractivity contribution in [3.05, 3.63) is 63.2 Å². The molecule has 1 aliphatic heterocycles. The second-order valence-electron chi connectivity index (χ2n) is 7.54. The summed E-state index contributed by atoms with van der Waals surface area (Å²) in [5.74, 6) is -2.22. The number of carbonyl (C=O) groups excluding carboxylic acids is 3. The second-order valence-corrected chi connectivity index (χ2v) is 7.54. The van der Waals surface area contributed by atoms with Gasteiger partial charge in [0.25, 0.3) is 11.6 Å². The summed E-state index contributed by atoms with van der Waals surface area (Å²) in [5, 5.41) is 13.9. The molecule has 0 aromatic heterocycles. The van der Waals surface area contributed by atoms with Gasteiger partial charge < -0.3 is 15.0 Å². The Balaban J connectivity index is 1.59. The summed E-state index contributed by atoms with van der Waals surface area (Å²) in [5.41, 5.74) is 3.32. The predicted octanol–water partition coefficient (Wildman–Crippen LogP) is 3.05. The van der Waals surface area contributed by atoms with E-state index < -0.39 is 29.3 Å². The fraction of sp³-hybridized carbons (Fsp3) is 0.318. The number of benzene rings is 2. The first-order chi connectivity index (χ1) is 14.7. The Morgan fingerprint density at radius 1 is 1.19 bits per heavy atom. The highest BCUT2D eigenvalue weighted by atomic mass is 16.6. The van der Waals surface area contributed by atoms with E-state index in [1.54, 1.807) is 25.1 Å². The molecule has 1 aliphatic rings. The Labute approximate surface area is 179 Å². The van der Waals surface area contributed by atoms with Crippen LogP contribution >= 0.6 is 0 Å². The summed E-state index contributed by atoms with van der Waals surface area (Å²) >= 11 is 0. The third-order valence-corrected chi connectivity index (χ3v) is 5.38. The Kier molecular flexibility index (Phi) is 6.33. The molecule has 0 unspecified atom stereocenters.